The molecule has 2 heterocycles. The summed E-state index contributed by atoms with van der Waals surface area (Å²) in [5, 5.41) is 4.56. The van der Waals surface area contributed by atoms with Gasteiger partial charge in [0.05, 0.1) is 0 Å². The number of pyridine rings is 1. The Morgan fingerprint density at radius 3 is 2.85 bits per heavy atom. The molecule has 0 bridgehead atoms. The van der Waals surface area contributed by atoms with Crippen molar-refractivity contribution in [3.05, 3.63) is 65.7 Å². The molecule has 4 heteroatoms. The van der Waals surface area contributed by atoms with E-state index >= 15 is 0 Å². The van der Waals surface area contributed by atoms with Gasteiger partial charge in [0, 0.05) is 24.3 Å². The van der Waals surface area contributed by atoms with Crippen LogP contribution in [0.2, 0.25) is 0 Å². The van der Waals surface area contributed by atoms with Crippen molar-refractivity contribution in [1.29, 1.82) is 0 Å². The predicted molar refractivity (Wildman–Crippen MR) is 77.9 cm³/mol. The standard InChI is InChI=1S/C16H16FN3/c17-14-5-3-12(4-6-14)7-9-18-10-13-11-20-16-15(13)2-1-8-19-16/h1-6,8,11,18H,7,9-10H2,(H,19,20). The minimum atomic E-state index is -0.187. The third-order valence-corrected chi connectivity index (χ3v) is 3.36. The first-order valence-corrected chi connectivity index (χ1v) is 6.69. The summed E-state index contributed by atoms with van der Waals surface area (Å²) in [6.07, 6.45) is 4.66. The van der Waals surface area contributed by atoms with Gasteiger partial charge in [-0.3, -0.25) is 0 Å². The summed E-state index contributed by atoms with van der Waals surface area (Å²) < 4.78 is 12.8. The number of fused-ring (bicyclic) bond motifs is 1. The van der Waals surface area contributed by atoms with Crippen LogP contribution in [0.3, 0.4) is 0 Å². The maximum atomic E-state index is 12.8. The second-order valence-electron chi connectivity index (χ2n) is 4.77. The van der Waals surface area contributed by atoms with Crippen LogP contribution >= 0.6 is 0 Å². The number of halogens is 1. The van der Waals surface area contributed by atoms with Crippen LogP contribution in [0, 0.1) is 5.82 Å². The Hall–Kier alpha value is -2.20. The van der Waals surface area contributed by atoms with Crippen LogP contribution in [0.4, 0.5) is 4.39 Å². The zero-order chi connectivity index (χ0) is 13.8. The Kier molecular flexibility index (Phi) is 3.74. The molecule has 0 spiro atoms. The highest BCUT2D eigenvalue weighted by Crippen LogP contribution is 2.15. The van der Waals surface area contributed by atoms with Gasteiger partial charge in [0.15, 0.2) is 0 Å². The molecule has 0 aliphatic carbocycles. The summed E-state index contributed by atoms with van der Waals surface area (Å²) >= 11 is 0. The highest BCUT2D eigenvalue weighted by atomic mass is 19.1. The predicted octanol–water partition coefficient (Wildman–Crippen LogP) is 3.03. The minimum Gasteiger partial charge on any atom is -0.346 e. The second kappa shape index (κ2) is 5.84. The van der Waals surface area contributed by atoms with E-state index < -0.39 is 0 Å². The molecule has 0 atom stereocenters. The molecule has 3 aromatic rings. The number of hydrogen-bond acceptors (Lipinski definition) is 2. The van der Waals surface area contributed by atoms with Crippen molar-refractivity contribution < 1.29 is 4.39 Å². The van der Waals surface area contributed by atoms with Crippen LogP contribution in [0.5, 0.6) is 0 Å². The lowest BCUT2D eigenvalue weighted by Gasteiger charge is -2.04. The molecule has 3 rings (SSSR count). The summed E-state index contributed by atoms with van der Waals surface area (Å²) in [6, 6.07) is 10.7. The third kappa shape index (κ3) is 2.86. The summed E-state index contributed by atoms with van der Waals surface area (Å²) in [5.41, 5.74) is 3.27. The smallest absolute Gasteiger partial charge is 0.137 e. The van der Waals surface area contributed by atoms with Gasteiger partial charge in [0.2, 0.25) is 0 Å². The number of aromatic nitrogens is 2. The molecular weight excluding hydrogens is 253 g/mol. The zero-order valence-electron chi connectivity index (χ0n) is 11.1. The van der Waals surface area contributed by atoms with Crippen LogP contribution < -0.4 is 5.32 Å². The number of aromatic amines is 1. The van der Waals surface area contributed by atoms with Gasteiger partial charge >= 0.3 is 0 Å². The van der Waals surface area contributed by atoms with Crippen LogP contribution in [0.15, 0.2) is 48.8 Å². The number of H-pyrrole nitrogens is 1. The Balaban J connectivity index is 1.54. The van der Waals surface area contributed by atoms with Crippen molar-refractivity contribution in [1.82, 2.24) is 15.3 Å². The van der Waals surface area contributed by atoms with Crippen molar-refractivity contribution in [3.8, 4) is 0 Å². The molecule has 0 unspecified atom stereocenters. The summed E-state index contributed by atoms with van der Waals surface area (Å²) in [4.78, 5) is 7.43. The summed E-state index contributed by atoms with van der Waals surface area (Å²) in [7, 11) is 0. The van der Waals surface area contributed by atoms with Gasteiger partial charge in [-0.25, -0.2) is 9.37 Å². The Bertz CT molecular complexity index is 688. The molecule has 0 aliphatic rings. The molecule has 2 N–H and O–H groups in total. The molecule has 0 radical (unpaired) electrons. The fraction of sp³-hybridized carbons (Fsp3) is 0.188. The lowest BCUT2D eigenvalue weighted by molar-refractivity contribution is 0.626. The van der Waals surface area contributed by atoms with Crippen molar-refractivity contribution in [2.45, 2.75) is 13.0 Å². The van der Waals surface area contributed by atoms with Crippen LogP contribution in [-0.2, 0) is 13.0 Å². The monoisotopic (exact) mass is 269 g/mol. The van der Waals surface area contributed by atoms with E-state index in [0.717, 1.165) is 36.1 Å². The Morgan fingerprint density at radius 1 is 1.15 bits per heavy atom. The first-order chi connectivity index (χ1) is 9.83. The van der Waals surface area contributed by atoms with E-state index in [4.69, 9.17) is 0 Å². The molecule has 0 amide bonds. The van der Waals surface area contributed by atoms with E-state index in [-0.39, 0.29) is 5.82 Å². The van der Waals surface area contributed by atoms with Gasteiger partial charge in [-0.1, -0.05) is 12.1 Å². The Morgan fingerprint density at radius 2 is 2.00 bits per heavy atom. The van der Waals surface area contributed by atoms with Crippen molar-refractivity contribution in [2.24, 2.45) is 0 Å². The van der Waals surface area contributed by atoms with Gasteiger partial charge < -0.3 is 10.3 Å². The fourth-order valence-corrected chi connectivity index (χ4v) is 2.27. The lowest BCUT2D eigenvalue weighted by Crippen LogP contribution is -2.16. The molecule has 0 aliphatic heterocycles. The van der Waals surface area contributed by atoms with E-state index in [2.05, 4.69) is 21.4 Å². The van der Waals surface area contributed by atoms with Crippen molar-refractivity contribution in [3.63, 3.8) is 0 Å². The average molecular weight is 269 g/mol. The second-order valence-corrected chi connectivity index (χ2v) is 4.77. The highest BCUT2D eigenvalue weighted by molar-refractivity contribution is 5.79. The maximum absolute atomic E-state index is 12.8. The van der Waals surface area contributed by atoms with Gasteiger partial charge in [-0.15, -0.1) is 0 Å². The maximum Gasteiger partial charge on any atom is 0.137 e. The van der Waals surface area contributed by atoms with Crippen LogP contribution in [0.1, 0.15) is 11.1 Å². The van der Waals surface area contributed by atoms with Gasteiger partial charge in [-0.05, 0) is 48.4 Å². The van der Waals surface area contributed by atoms with E-state index in [9.17, 15) is 4.39 Å². The first kappa shape index (κ1) is 12.8. The number of nitrogens with zero attached hydrogens (tertiary/aromatic N) is 1. The van der Waals surface area contributed by atoms with Crippen molar-refractivity contribution >= 4 is 11.0 Å². The number of benzene rings is 1. The quantitative estimate of drug-likeness (QED) is 0.699. The van der Waals surface area contributed by atoms with E-state index in [1.54, 1.807) is 6.20 Å². The topological polar surface area (TPSA) is 40.7 Å². The molecule has 102 valence electrons. The van der Waals surface area contributed by atoms with E-state index in [0.29, 0.717) is 0 Å². The van der Waals surface area contributed by atoms with Crippen LogP contribution in [0.25, 0.3) is 11.0 Å². The van der Waals surface area contributed by atoms with Gasteiger partial charge in [0.1, 0.15) is 11.5 Å². The van der Waals surface area contributed by atoms with Crippen molar-refractivity contribution in [2.75, 3.05) is 6.54 Å². The Labute approximate surface area is 116 Å². The molecule has 0 fully saturated rings. The zero-order valence-corrected chi connectivity index (χ0v) is 11.1. The molecule has 0 saturated carbocycles. The number of hydrogen-bond donors (Lipinski definition) is 2. The third-order valence-electron chi connectivity index (χ3n) is 3.36. The average Bonchev–Trinajstić information content (AvgIpc) is 2.89. The highest BCUT2D eigenvalue weighted by Gasteiger charge is 2.03. The lowest BCUT2D eigenvalue weighted by atomic mass is 10.1. The molecule has 3 nitrogen and oxygen atoms in total. The number of nitrogens with one attached hydrogen (secondary N) is 2. The fourth-order valence-electron chi connectivity index (χ4n) is 2.27. The van der Waals surface area contributed by atoms with Crippen LogP contribution in [-0.4, -0.2) is 16.5 Å². The molecule has 20 heavy (non-hydrogen) atoms. The SMILES string of the molecule is Fc1ccc(CCNCc2c[nH]c3ncccc23)cc1. The molecular formula is C16H16FN3. The molecule has 1 aromatic carbocycles. The van der Waals surface area contributed by atoms with E-state index in [1.165, 1.54) is 17.7 Å². The molecule has 2 aromatic heterocycles. The first-order valence-electron chi connectivity index (χ1n) is 6.69. The minimum absolute atomic E-state index is 0.187. The van der Waals surface area contributed by atoms with E-state index in [1.807, 2.05) is 24.4 Å². The largest absolute Gasteiger partial charge is 0.346 e. The normalized spacial score (nSPS) is 11.1. The summed E-state index contributed by atoms with van der Waals surface area (Å²) in [5.74, 6) is -0.187. The van der Waals surface area contributed by atoms with Gasteiger partial charge in [0.25, 0.3) is 0 Å². The number of rotatable bonds is 5. The van der Waals surface area contributed by atoms with Gasteiger partial charge in [-0.2, -0.15) is 0 Å². The molecule has 0 saturated heterocycles. The summed E-state index contributed by atoms with van der Waals surface area (Å²) in [6.45, 7) is 1.66.